The molecule has 0 N–H and O–H groups in total. The number of hydrogen-bond acceptors (Lipinski definition) is 8. The van der Waals surface area contributed by atoms with Crippen LogP contribution in [0.1, 0.15) is 18.4 Å². The Hall–Kier alpha value is -4.20. The number of anilines is 1. The van der Waals surface area contributed by atoms with Gasteiger partial charge < -0.3 is 14.5 Å². The van der Waals surface area contributed by atoms with Crippen molar-refractivity contribution in [3.63, 3.8) is 0 Å². The fourth-order valence-corrected chi connectivity index (χ4v) is 6.93. The Morgan fingerprint density at radius 1 is 1.11 bits per heavy atom. The van der Waals surface area contributed by atoms with Crippen LogP contribution in [-0.4, -0.2) is 78.9 Å². The fourth-order valence-electron chi connectivity index (χ4n) is 5.83. The molecule has 0 aliphatic carbocycles. The largest absolute Gasteiger partial charge is 0.380 e. The minimum atomic E-state index is -3.90. The molecule has 2 aliphatic rings. The summed E-state index contributed by atoms with van der Waals surface area (Å²) in [7, 11) is -3.90. The Kier molecular flexibility index (Phi) is 7.96. The number of para-hydroxylation sites is 1. The molecular formula is C31H28ClF2N5O5S. The van der Waals surface area contributed by atoms with Gasteiger partial charge in [-0.3, -0.25) is 4.79 Å². The summed E-state index contributed by atoms with van der Waals surface area (Å²) >= 11 is 6.24. The first-order valence-corrected chi connectivity index (χ1v) is 16.3. The molecule has 234 valence electrons. The lowest BCUT2D eigenvalue weighted by molar-refractivity contribution is -0.126. The normalized spacial score (nSPS) is 17.4. The summed E-state index contributed by atoms with van der Waals surface area (Å²) in [5.41, 5.74) is -0.798. The lowest BCUT2D eigenvalue weighted by Crippen LogP contribution is -2.54. The van der Waals surface area contributed by atoms with E-state index in [1.807, 2.05) is 6.92 Å². The first-order valence-electron chi connectivity index (χ1n) is 14.1. The van der Waals surface area contributed by atoms with Gasteiger partial charge in [0.25, 0.3) is 0 Å². The van der Waals surface area contributed by atoms with Crippen molar-refractivity contribution in [1.29, 1.82) is 0 Å². The highest BCUT2D eigenvalue weighted by Gasteiger charge is 2.33. The van der Waals surface area contributed by atoms with Gasteiger partial charge in [0.15, 0.2) is 15.5 Å². The molecule has 2 saturated heterocycles. The van der Waals surface area contributed by atoms with Crippen molar-refractivity contribution < 1.29 is 26.7 Å². The van der Waals surface area contributed by atoms with Gasteiger partial charge in [-0.1, -0.05) is 42.4 Å². The Bertz CT molecular complexity index is 2050. The van der Waals surface area contributed by atoms with Crippen molar-refractivity contribution in [2.75, 3.05) is 44.0 Å². The standard InChI is InChI=1S/C31H28ClF2N5O5S/c1-4-25(40)37-11-12-38(17(2)14-37)29-21-13-23(34)27(20-8-5-9-22(33)26(20)32)35-30(21)39(31(41)36-29)28-19(18-15-44-16-18)7-6-10-24(28)45(3,42)43/h4-10,13,17-18H,1,11-12,14-16H2,2-3H3/t17-/m0/s1. The van der Waals surface area contributed by atoms with Crippen molar-refractivity contribution in [3.8, 4) is 16.9 Å². The summed E-state index contributed by atoms with van der Waals surface area (Å²) in [6.45, 7) is 6.81. The third-order valence-corrected chi connectivity index (χ3v) is 9.64. The van der Waals surface area contributed by atoms with Crippen LogP contribution in [0.3, 0.4) is 0 Å². The SMILES string of the molecule is C=CC(=O)N1CCN(c2nc(=O)n(-c3c(C4COC4)cccc3S(C)(=O)=O)c3nc(-c4cccc(F)c4Cl)c(F)cc23)[C@@H](C)C1. The van der Waals surface area contributed by atoms with E-state index in [1.165, 1.54) is 24.3 Å². The monoisotopic (exact) mass is 655 g/mol. The molecule has 2 aliphatic heterocycles. The summed E-state index contributed by atoms with van der Waals surface area (Å²) in [5.74, 6) is -2.02. The highest BCUT2D eigenvalue weighted by Crippen LogP contribution is 2.38. The molecule has 0 radical (unpaired) electrons. The van der Waals surface area contributed by atoms with E-state index in [0.29, 0.717) is 18.8 Å². The van der Waals surface area contributed by atoms with Gasteiger partial charge in [-0.25, -0.2) is 31.5 Å². The molecule has 1 atom stereocenters. The van der Waals surface area contributed by atoms with Crippen LogP contribution < -0.4 is 10.6 Å². The van der Waals surface area contributed by atoms with Crippen LogP contribution in [0.15, 0.2) is 64.8 Å². The third-order valence-electron chi connectivity index (χ3n) is 8.13. The minimum absolute atomic E-state index is 0.0344. The third kappa shape index (κ3) is 5.38. The van der Waals surface area contributed by atoms with E-state index < -0.39 is 27.2 Å². The molecule has 1 amide bonds. The number of amides is 1. The summed E-state index contributed by atoms with van der Waals surface area (Å²) < 4.78 is 63.1. The summed E-state index contributed by atoms with van der Waals surface area (Å²) in [6, 6.07) is 9.33. The molecule has 2 aromatic heterocycles. The smallest absolute Gasteiger partial charge is 0.355 e. The number of rotatable bonds is 6. The van der Waals surface area contributed by atoms with Gasteiger partial charge in [-0.15, -0.1) is 0 Å². The van der Waals surface area contributed by atoms with Crippen LogP contribution in [0.4, 0.5) is 14.6 Å². The van der Waals surface area contributed by atoms with E-state index in [0.717, 1.165) is 23.0 Å². The number of piperazine rings is 1. The number of sulfone groups is 1. The van der Waals surface area contributed by atoms with Crippen molar-refractivity contribution >= 4 is 44.2 Å². The van der Waals surface area contributed by atoms with Crippen LogP contribution in [0.2, 0.25) is 5.02 Å². The minimum Gasteiger partial charge on any atom is -0.380 e. The second-order valence-electron chi connectivity index (χ2n) is 11.1. The maximum absolute atomic E-state index is 16.0. The summed E-state index contributed by atoms with van der Waals surface area (Å²) in [4.78, 5) is 38.6. The predicted octanol–water partition coefficient (Wildman–Crippen LogP) is 4.12. The average Bonchev–Trinajstić information content (AvgIpc) is 2.97. The van der Waals surface area contributed by atoms with E-state index in [9.17, 15) is 22.4 Å². The highest BCUT2D eigenvalue weighted by atomic mass is 35.5. The maximum Gasteiger partial charge on any atom is 0.355 e. The molecule has 0 saturated carbocycles. The summed E-state index contributed by atoms with van der Waals surface area (Å²) in [5, 5.41) is -0.260. The lowest BCUT2D eigenvalue weighted by Gasteiger charge is -2.40. The van der Waals surface area contributed by atoms with E-state index in [2.05, 4.69) is 16.5 Å². The highest BCUT2D eigenvalue weighted by molar-refractivity contribution is 7.90. The zero-order valence-electron chi connectivity index (χ0n) is 24.3. The zero-order valence-corrected chi connectivity index (χ0v) is 25.9. The van der Waals surface area contributed by atoms with Gasteiger partial charge in [0, 0.05) is 43.4 Å². The van der Waals surface area contributed by atoms with Gasteiger partial charge >= 0.3 is 5.69 Å². The van der Waals surface area contributed by atoms with Gasteiger partial charge in [0.05, 0.1) is 34.2 Å². The second-order valence-corrected chi connectivity index (χ2v) is 13.4. The van der Waals surface area contributed by atoms with Crippen LogP contribution >= 0.6 is 11.6 Å². The number of pyridine rings is 1. The van der Waals surface area contributed by atoms with Crippen molar-refractivity contribution in [2.24, 2.45) is 0 Å². The van der Waals surface area contributed by atoms with Gasteiger partial charge in [0.1, 0.15) is 23.1 Å². The first-order chi connectivity index (χ1) is 21.4. The lowest BCUT2D eigenvalue weighted by atomic mass is 9.95. The number of halogens is 3. The van der Waals surface area contributed by atoms with Crippen LogP contribution in [0.5, 0.6) is 0 Å². The number of carbonyl (C=O) groups excluding carboxylic acids is 1. The number of benzene rings is 2. The number of hydrogen-bond donors (Lipinski definition) is 0. The van der Waals surface area contributed by atoms with Gasteiger partial charge in [-0.05, 0) is 36.8 Å². The topological polar surface area (TPSA) is 115 Å². The number of ether oxygens (including phenoxy) is 1. The number of nitrogens with zero attached hydrogens (tertiary/aromatic N) is 5. The van der Waals surface area contributed by atoms with E-state index >= 15 is 4.39 Å². The molecule has 4 aromatic rings. The van der Waals surface area contributed by atoms with Gasteiger partial charge in [0.2, 0.25) is 5.91 Å². The van der Waals surface area contributed by atoms with Crippen molar-refractivity contribution in [3.05, 3.63) is 87.8 Å². The van der Waals surface area contributed by atoms with Crippen molar-refractivity contribution in [1.82, 2.24) is 19.4 Å². The Morgan fingerprint density at radius 2 is 1.84 bits per heavy atom. The molecule has 0 bridgehead atoms. The molecule has 2 aromatic carbocycles. The van der Waals surface area contributed by atoms with Crippen LogP contribution in [0.25, 0.3) is 28.0 Å². The molecule has 0 unspecified atom stereocenters. The molecule has 10 nitrogen and oxygen atoms in total. The molecule has 14 heteroatoms. The Balaban J connectivity index is 1.68. The molecule has 0 spiro atoms. The average molecular weight is 656 g/mol. The maximum atomic E-state index is 16.0. The molecule has 6 rings (SSSR count). The predicted molar refractivity (Wildman–Crippen MR) is 166 cm³/mol. The fraction of sp³-hybridized carbons (Fsp3) is 0.290. The Labute approximate surface area is 262 Å². The molecule has 45 heavy (non-hydrogen) atoms. The van der Waals surface area contributed by atoms with Gasteiger partial charge in [-0.2, -0.15) is 4.98 Å². The number of aromatic nitrogens is 3. The number of fused-ring (bicyclic) bond motifs is 1. The second kappa shape index (κ2) is 11.6. The number of carbonyl (C=O) groups is 1. The van der Waals surface area contributed by atoms with E-state index in [4.69, 9.17) is 16.3 Å². The zero-order chi connectivity index (χ0) is 32.2. The Morgan fingerprint density at radius 3 is 2.49 bits per heavy atom. The van der Waals surface area contributed by atoms with Crippen LogP contribution in [-0.2, 0) is 19.4 Å². The molecular weight excluding hydrogens is 628 g/mol. The van der Waals surface area contributed by atoms with E-state index in [1.54, 1.807) is 21.9 Å². The first kappa shape index (κ1) is 30.8. The van der Waals surface area contributed by atoms with Crippen LogP contribution in [0, 0.1) is 11.6 Å². The molecule has 4 heterocycles. The quantitative estimate of drug-likeness (QED) is 0.285. The summed E-state index contributed by atoms with van der Waals surface area (Å²) in [6.07, 6.45) is 2.25. The molecule has 2 fully saturated rings. The van der Waals surface area contributed by atoms with E-state index in [-0.39, 0.29) is 81.2 Å². The van der Waals surface area contributed by atoms with Crippen molar-refractivity contribution in [2.45, 2.75) is 23.8 Å².